The van der Waals surface area contributed by atoms with Crippen molar-refractivity contribution in [3.63, 3.8) is 0 Å². The molecule has 0 bridgehead atoms. The number of carboxylic acid groups (broad SMARTS) is 1. The van der Waals surface area contributed by atoms with Crippen LogP contribution in [0.15, 0.2) is 12.1 Å². The van der Waals surface area contributed by atoms with Crippen molar-refractivity contribution in [1.82, 2.24) is 4.98 Å². The van der Waals surface area contributed by atoms with E-state index in [0.717, 1.165) is 0 Å². The summed E-state index contributed by atoms with van der Waals surface area (Å²) in [6.07, 6.45) is 0.532. The normalized spacial score (nSPS) is 9.50. The van der Waals surface area contributed by atoms with Gasteiger partial charge in [-0.2, -0.15) is 0 Å². The average Bonchev–Trinajstić information content (AvgIpc) is 2.15. The van der Waals surface area contributed by atoms with Crippen molar-refractivity contribution in [3.8, 4) is 5.75 Å². The summed E-state index contributed by atoms with van der Waals surface area (Å²) in [5, 5.41) is 8.36. The van der Waals surface area contributed by atoms with Gasteiger partial charge in [0.05, 0.1) is 0 Å². The Hall–Kier alpha value is -1.91. The van der Waals surface area contributed by atoms with E-state index >= 15 is 0 Å². The second kappa shape index (κ2) is 4.36. The maximum Gasteiger partial charge on any atom is 0.341 e. The first-order valence-electron chi connectivity index (χ1n) is 3.91. The van der Waals surface area contributed by atoms with Crippen LogP contribution in [0.2, 0.25) is 0 Å². The van der Waals surface area contributed by atoms with E-state index in [1.807, 2.05) is 0 Å². The highest BCUT2D eigenvalue weighted by atomic mass is 16.5. The molecule has 1 heterocycles. The summed E-state index contributed by atoms with van der Waals surface area (Å²) in [6.45, 7) is 1.25. The summed E-state index contributed by atoms with van der Waals surface area (Å²) >= 11 is 0. The van der Waals surface area contributed by atoms with Crippen LogP contribution in [0.4, 0.5) is 0 Å². The number of nitrogens with zero attached hydrogens (tertiary/aromatic N) is 1. The second-order valence-electron chi connectivity index (χ2n) is 2.64. The highest BCUT2D eigenvalue weighted by Crippen LogP contribution is 2.14. The van der Waals surface area contributed by atoms with Crippen LogP contribution in [0.3, 0.4) is 0 Å². The van der Waals surface area contributed by atoms with Gasteiger partial charge in [-0.05, 0) is 19.1 Å². The Labute approximate surface area is 80.3 Å². The fourth-order valence-corrected chi connectivity index (χ4v) is 0.910. The van der Waals surface area contributed by atoms with Crippen LogP contribution in [0.5, 0.6) is 5.75 Å². The summed E-state index contributed by atoms with van der Waals surface area (Å²) < 4.78 is 4.85. The Bertz CT molecular complexity index is 362. The van der Waals surface area contributed by atoms with Crippen LogP contribution >= 0.6 is 0 Å². The summed E-state index contributed by atoms with van der Waals surface area (Å²) in [5.41, 5.74) is 0.793. The minimum atomic E-state index is -1.09. The smallest absolute Gasteiger partial charge is 0.341 e. The summed E-state index contributed by atoms with van der Waals surface area (Å²) in [7, 11) is 0. The molecule has 5 heteroatoms. The maximum absolute atomic E-state index is 10.5. The third-order valence-corrected chi connectivity index (χ3v) is 1.49. The molecule has 0 unspecified atom stereocenters. The van der Waals surface area contributed by atoms with Crippen molar-refractivity contribution in [2.45, 2.75) is 6.92 Å². The van der Waals surface area contributed by atoms with Crippen molar-refractivity contribution in [1.29, 1.82) is 0 Å². The van der Waals surface area contributed by atoms with Gasteiger partial charge in [0, 0.05) is 5.69 Å². The zero-order chi connectivity index (χ0) is 10.6. The van der Waals surface area contributed by atoms with Gasteiger partial charge in [-0.15, -0.1) is 0 Å². The number of aliphatic carboxylic acids is 1. The fourth-order valence-electron chi connectivity index (χ4n) is 0.910. The first-order chi connectivity index (χ1) is 6.63. The molecule has 14 heavy (non-hydrogen) atoms. The predicted molar refractivity (Wildman–Crippen MR) is 47.5 cm³/mol. The third-order valence-electron chi connectivity index (χ3n) is 1.49. The van der Waals surface area contributed by atoms with Crippen molar-refractivity contribution >= 4 is 12.3 Å². The molecule has 0 radical (unpaired) electrons. The molecule has 0 aliphatic heterocycles. The minimum absolute atomic E-state index is 0.117. The van der Waals surface area contributed by atoms with Gasteiger partial charge in [-0.25, -0.2) is 9.78 Å². The highest BCUT2D eigenvalue weighted by Gasteiger charge is 2.06. The van der Waals surface area contributed by atoms with E-state index in [9.17, 15) is 9.59 Å². The molecule has 0 aliphatic rings. The summed E-state index contributed by atoms with van der Waals surface area (Å²) in [5.74, 6) is -0.907. The summed E-state index contributed by atoms with van der Waals surface area (Å²) in [4.78, 5) is 24.6. The number of hydrogen-bond acceptors (Lipinski definition) is 4. The van der Waals surface area contributed by atoms with E-state index in [0.29, 0.717) is 12.0 Å². The second-order valence-corrected chi connectivity index (χ2v) is 2.64. The average molecular weight is 195 g/mol. The Morgan fingerprint density at radius 3 is 2.93 bits per heavy atom. The number of rotatable bonds is 4. The zero-order valence-electron chi connectivity index (χ0n) is 7.56. The molecule has 1 rings (SSSR count). The number of ether oxygens (including phenoxy) is 1. The van der Waals surface area contributed by atoms with Gasteiger partial charge in [-0.3, -0.25) is 4.79 Å². The van der Waals surface area contributed by atoms with Crippen LogP contribution in [0.25, 0.3) is 0 Å². The first-order valence-corrected chi connectivity index (χ1v) is 3.91. The zero-order valence-corrected chi connectivity index (χ0v) is 7.56. The quantitative estimate of drug-likeness (QED) is 0.714. The molecule has 1 N–H and O–H groups in total. The molecule has 0 fully saturated rings. The SMILES string of the molecule is Cc1ccc(OCC(=O)O)c(C=O)n1. The van der Waals surface area contributed by atoms with Gasteiger partial charge in [-0.1, -0.05) is 0 Å². The van der Waals surface area contributed by atoms with Crippen molar-refractivity contribution in [3.05, 3.63) is 23.5 Å². The van der Waals surface area contributed by atoms with Crippen molar-refractivity contribution in [2.75, 3.05) is 6.61 Å². The molecule has 1 aromatic heterocycles. The Kier molecular flexibility index (Phi) is 3.17. The number of aryl methyl sites for hydroxylation is 1. The third kappa shape index (κ3) is 2.55. The Morgan fingerprint density at radius 2 is 2.36 bits per heavy atom. The molecule has 0 aromatic carbocycles. The van der Waals surface area contributed by atoms with E-state index in [-0.39, 0.29) is 11.4 Å². The van der Waals surface area contributed by atoms with Crippen molar-refractivity contribution in [2.24, 2.45) is 0 Å². The molecule has 74 valence electrons. The van der Waals surface area contributed by atoms with Gasteiger partial charge >= 0.3 is 5.97 Å². The van der Waals surface area contributed by atoms with E-state index < -0.39 is 12.6 Å². The van der Waals surface area contributed by atoms with Crippen LogP contribution in [-0.4, -0.2) is 29.0 Å². The van der Waals surface area contributed by atoms with E-state index in [2.05, 4.69) is 4.98 Å². The number of aromatic nitrogens is 1. The molecule has 1 aromatic rings. The molecule has 5 nitrogen and oxygen atoms in total. The molecule has 0 saturated heterocycles. The molecular formula is C9H9NO4. The van der Waals surface area contributed by atoms with E-state index in [1.165, 1.54) is 6.07 Å². The topological polar surface area (TPSA) is 76.5 Å². The lowest BCUT2D eigenvalue weighted by molar-refractivity contribution is -0.139. The fraction of sp³-hybridized carbons (Fsp3) is 0.222. The molecular weight excluding hydrogens is 186 g/mol. The first kappa shape index (κ1) is 10.2. The molecule has 0 spiro atoms. The minimum Gasteiger partial charge on any atom is -0.480 e. The maximum atomic E-state index is 10.5. The van der Waals surface area contributed by atoms with E-state index in [4.69, 9.17) is 9.84 Å². The van der Waals surface area contributed by atoms with Crippen molar-refractivity contribution < 1.29 is 19.4 Å². The monoisotopic (exact) mass is 195 g/mol. The van der Waals surface area contributed by atoms with Gasteiger partial charge in [0.2, 0.25) is 0 Å². The summed E-state index contributed by atoms with van der Waals surface area (Å²) in [6, 6.07) is 3.17. The van der Waals surface area contributed by atoms with Crippen LogP contribution in [0, 0.1) is 6.92 Å². The number of carboxylic acids is 1. The lowest BCUT2D eigenvalue weighted by Gasteiger charge is -2.05. The van der Waals surface area contributed by atoms with Gasteiger partial charge in [0.15, 0.2) is 12.9 Å². The highest BCUT2D eigenvalue weighted by molar-refractivity contribution is 5.76. The van der Waals surface area contributed by atoms with E-state index in [1.54, 1.807) is 13.0 Å². The van der Waals surface area contributed by atoms with Crippen LogP contribution < -0.4 is 4.74 Å². The number of aldehydes is 1. The Balaban J connectivity index is 2.85. The predicted octanol–water partition coefficient (Wildman–Crippen LogP) is 0.666. The molecule has 0 aliphatic carbocycles. The molecule has 0 saturated carbocycles. The van der Waals surface area contributed by atoms with Gasteiger partial charge < -0.3 is 9.84 Å². The number of carbonyl (C=O) groups is 2. The largest absolute Gasteiger partial charge is 0.480 e. The van der Waals surface area contributed by atoms with Gasteiger partial charge in [0.25, 0.3) is 0 Å². The lowest BCUT2D eigenvalue weighted by atomic mass is 10.3. The van der Waals surface area contributed by atoms with Crippen LogP contribution in [0.1, 0.15) is 16.2 Å². The number of hydrogen-bond donors (Lipinski definition) is 1. The standard InChI is InChI=1S/C9H9NO4/c1-6-2-3-8(7(4-11)10-6)14-5-9(12)13/h2-4H,5H2,1H3,(H,12,13). The molecule has 0 amide bonds. The number of carbonyl (C=O) groups excluding carboxylic acids is 1. The van der Waals surface area contributed by atoms with Crippen LogP contribution in [-0.2, 0) is 4.79 Å². The molecule has 0 atom stereocenters. The lowest BCUT2D eigenvalue weighted by Crippen LogP contribution is -2.11. The number of pyridine rings is 1. The van der Waals surface area contributed by atoms with Gasteiger partial charge in [0.1, 0.15) is 11.4 Å². The Morgan fingerprint density at radius 1 is 1.64 bits per heavy atom.